The predicted molar refractivity (Wildman–Crippen MR) is 133 cm³/mol. The van der Waals surface area contributed by atoms with Gasteiger partial charge < -0.3 is 10.2 Å². The van der Waals surface area contributed by atoms with Gasteiger partial charge in [-0.25, -0.2) is 12.8 Å². The second-order valence-corrected chi connectivity index (χ2v) is 11.0. The monoisotopic (exact) mass is 531 g/mol. The highest BCUT2D eigenvalue weighted by Gasteiger charge is 2.31. The Morgan fingerprint density at radius 2 is 1.71 bits per heavy atom. The van der Waals surface area contributed by atoms with Crippen LogP contribution in [0, 0.1) is 11.7 Å². The van der Waals surface area contributed by atoms with E-state index in [9.17, 15) is 22.4 Å². The number of hydrogen-bond acceptors (Lipinski definition) is 4. The van der Waals surface area contributed by atoms with E-state index in [1.54, 1.807) is 25.1 Å². The molecule has 0 aliphatic carbocycles. The maximum atomic E-state index is 14.4. The Balaban J connectivity index is 2.40. The van der Waals surface area contributed by atoms with Crippen molar-refractivity contribution in [3.05, 3.63) is 63.9 Å². The lowest BCUT2D eigenvalue weighted by Gasteiger charge is -2.31. The summed E-state index contributed by atoms with van der Waals surface area (Å²) in [4.78, 5) is 27.4. The number of sulfonamides is 1. The van der Waals surface area contributed by atoms with Gasteiger partial charge in [-0.15, -0.1) is 0 Å². The van der Waals surface area contributed by atoms with E-state index in [1.807, 2.05) is 13.8 Å². The first-order valence-electron chi connectivity index (χ1n) is 10.5. The lowest BCUT2D eigenvalue weighted by Crippen LogP contribution is -2.51. The first kappa shape index (κ1) is 27.9. The molecule has 2 amide bonds. The van der Waals surface area contributed by atoms with Crippen molar-refractivity contribution in [1.82, 2.24) is 10.2 Å². The summed E-state index contributed by atoms with van der Waals surface area (Å²) in [5.74, 6) is -1.69. The van der Waals surface area contributed by atoms with Crippen LogP contribution < -0.4 is 9.62 Å². The number of anilines is 1. The van der Waals surface area contributed by atoms with Crippen LogP contribution in [0.15, 0.2) is 42.5 Å². The molecule has 0 spiro atoms. The smallest absolute Gasteiger partial charge is 0.244 e. The molecule has 0 bridgehead atoms. The minimum absolute atomic E-state index is 0.0408. The number of nitrogens with one attached hydrogen (secondary N) is 1. The Labute approximate surface area is 209 Å². The summed E-state index contributed by atoms with van der Waals surface area (Å²) >= 11 is 12.1. The largest absolute Gasteiger partial charge is 0.354 e. The van der Waals surface area contributed by atoms with Gasteiger partial charge in [0.15, 0.2) is 0 Å². The zero-order valence-electron chi connectivity index (χ0n) is 19.4. The van der Waals surface area contributed by atoms with Gasteiger partial charge in [0.1, 0.15) is 18.4 Å². The second-order valence-electron chi connectivity index (χ2n) is 8.31. The summed E-state index contributed by atoms with van der Waals surface area (Å²) in [6.45, 7) is 5.08. The summed E-state index contributed by atoms with van der Waals surface area (Å²) in [6, 6.07) is 9.09. The van der Waals surface area contributed by atoms with Gasteiger partial charge in [0, 0.05) is 13.1 Å². The molecule has 34 heavy (non-hydrogen) atoms. The van der Waals surface area contributed by atoms with Crippen LogP contribution in [-0.2, 0) is 26.2 Å². The van der Waals surface area contributed by atoms with E-state index in [0.29, 0.717) is 21.4 Å². The highest BCUT2D eigenvalue weighted by atomic mass is 35.5. The molecule has 186 valence electrons. The van der Waals surface area contributed by atoms with Crippen molar-refractivity contribution in [2.75, 3.05) is 23.7 Å². The molecule has 0 saturated carbocycles. The van der Waals surface area contributed by atoms with E-state index >= 15 is 0 Å². The molecule has 0 aliphatic heterocycles. The van der Waals surface area contributed by atoms with Crippen molar-refractivity contribution < 1.29 is 22.4 Å². The molecule has 1 atom stereocenters. The Bertz CT molecular complexity index is 1140. The Morgan fingerprint density at radius 1 is 1.06 bits per heavy atom. The van der Waals surface area contributed by atoms with E-state index in [0.717, 1.165) is 12.3 Å². The number of halogens is 3. The van der Waals surface area contributed by atoms with Crippen molar-refractivity contribution in [3.8, 4) is 0 Å². The SMILES string of the molecule is CC(C)CNC(=O)[C@H](C)N(Cc1ccc(Cl)c(Cl)c1)C(=O)CN(c1ccccc1F)S(C)(=O)=O. The number of para-hydroxylation sites is 1. The van der Waals surface area contributed by atoms with Gasteiger partial charge in [0.2, 0.25) is 21.8 Å². The molecule has 7 nitrogen and oxygen atoms in total. The van der Waals surface area contributed by atoms with Crippen molar-refractivity contribution in [1.29, 1.82) is 0 Å². The molecule has 2 rings (SSSR count). The number of benzene rings is 2. The van der Waals surface area contributed by atoms with Gasteiger partial charge in [-0.2, -0.15) is 0 Å². The van der Waals surface area contributed by atoms with E-state index < -0.39 is 40.2 Å². The van der Waals surface area contributed by atoms with E-state index in [1.165, 1.54) is 23.1 Å². The Kier molecular flexibility index (Phi) is 9.73. The summed E-state index contributed by atoms with van der Waals surface area (Å²) in [7, 11) is -4.01. The fourth-order valence-electron chi connectivity index (χ4n) is 3.12. The lowest BCUT2D eigenvalue weighted by molar-refractivity contribution is -0.139. The van der Waals surface area contributed by atoms with Gasteiger partial charge in [-0.3, -0.25) is 13.9 Å². The summed E-state index contributed by atoms with van der Waals surface area (Å²) in [6.07, 6.45) is 0.884. The van der Waals surface area contributed by atoms with E-state index in [4.69, 9.17) is 23.2 Å². The first-order chi connectivity index (χ1) is 15.8. The molecule has 1 N–H and O–H groups in total. The number of hydrogen-bond donors (Lipinski definition) is 1. The fourth-order valence-corrected chi connectivity index (χ4v) is 4.29. The quantitative estimate of drug-likeness (QED) is 0.500. The van der Waals surface area contributed by atoms with Gasteiger partial charge >= 0.3 is 0 Å². The van der Waals surface area contributed by atoms with Crippen LogP contribution in [0.2, 0.25) is 10.0 Å². The third kappa shape index (κ3) is 7.58. The molecule has 2 aromatic carbocycles. The van der Waals surface area contributed by atoms with Crippen molar-refractivity contribution >= 4 is 50.7 Å². The molecular formula is C23H28Cl2FN3O4S. The third-order valence-electron chi connectivity index (χ3n) is 4.99. The van der Waals surface area contributed by atoms with Crippen LogP contribution in [0.3, 0.4) is 0 Å². The molecule has 0 unspecified atom stereocenters. The maximum Gasteiger partial charge on any atom is 0.244 e. The number of rotatable bonds is 10. The Morgan fingerprint density at radius 3 is 2.26 bits per heavy atom. The molecule has 2 aromatic rings. The average molecular weight is 532 g/mol. The topological polar surface area (TPSA) is 86.8 Å². The average Bonchev–Trinajstić information content (AvgIpc) is 2.75. The fraction of sp³-hybridized carbons (Fsp3) is 0.391. The molecule has 0 aromatic heterocycles. The maximum absolute atomic E-state index is 14.4. The van der Waals surface area contributed by atoms with Crippen LogP contribution in [0.4, 0.5) is 10.1 Å². The molecular weight excluding hydrogens is 504 g/mol. The first-order valence-corrected chi connectivity index (χ1v) is 13.1. The summed E-state index contributed by atoms with van der Waals surface area (Å²) < 4.78 is 40.0. The minimum atomic E-state index is -4.01. The molecule has 0 radical (unpaired) electrons. The van der Waals surface area contributed by atoms with Gasteiger partial charge in [-0.05, 0) is 42.7 Å². The molecule has 0 saturated heterocycles. The van der Waals surface area contributed by atoms with Gasteiger partial charge in [0.05, 0.1) is 22.0 Å². The normalized spacial score (nSPS) is 12.4. The van der Waals surface area contributed by atoms with Gasteiger partial charge in [0.25, 0.3) is 0 Å². The summed E-state index contributed by atoms with van der Waals surface area (Å²) in [5.41, 5.74) is 0.327. The molecule has 0 fully saturated rings. The lowest BCUT2D eigenvalue weighted by atomic mass is 10.1. The van der Waals surface area contributed by atoms with Crippen LogP contribution in [0.1, 0.15) is 26.3 Å². The van der Waals surface area contributed by atoms with Crippen molar-refractivity contribution in [3.63, 3.8) is 0 Å². The minimum Gasteiger partial charge on any atom is -0.354 e. The third-order valence-corrected chi connectivity index (χ3v) is 6.85. The van der Waals surface area contributed by atoms with Crippen LogP contribution in [0.5, 0.6) is 0 Å². The number of carbonyl (C=O) groups is 2. The summed E-state index contributed by atoms with van der Waals surface area (Å²) in [5, 5.41) is 3.37. The van der Waals surface area contributed by atoms with Crippen molar-refractivity contribution in [2.24, 2.45) is 5.92 Å². The van der Waals surface area contributed by atoms with Crippen molar-refractivity contribution in [2.45, 2.75) is 33.4 Å². The highest BCUT2D eigenvalue weighted by molar-refractivity contribution is 7.92. The number of carbonyl (C=O) groups excluding carboxylic acids is 2. The number of amides is 2. The molecule has 11 heteroatoms. The van der Waals surface area contributed by atoms with Crippen LogP contribution >= 0.6 is 23.2 Å². The standard InChI is InChI=1S/C23H28Cl2FN3O4S/c1-15(2)12-27-23(31)16(3)28(13-17-9-10-18(24)19(25)11-17)22(30)14-29(34(4,32)33)21-8-6-5-7-20(21)26/h5-11,15-16H,12-14H2,1-4H3,(H,27,31)/t16-/m0/s1. The van der Waals surface area contributed by atoms with Crippen LogP contribution in [0.25, 0.3) is 0 Å². The Hall–Kier alpha value is -2.36. The zero-order valence-corrected chi connectivity index (χ0v) is 21.7. The zero-order chi connectivity index (χ0) is 25.6. The van der Waals surface area contributed by atoms with Crippen LogP contribution in [-0.4, -0.2) is 50.5 Å². The van der Waals surface area contributed by atoms with Gasteiger partial charge in [-0.1, -0.05) is 55.2 Å². The predicted octanol–water partition coefficient (Wildman–Crippen LogP) is 4.09. The van der Waals surface area contributed by atoms with E-state index in [-0.39, 0.29) is 23.2 Å². The highest BCUT2D eigenvalue weighted by Crippen LogP contribution is 2.25. The van der Waals surface area contributed by atoms with E-state index in [2.05, 4.69) is 5.32 Å². The second kappa shape index (κ2) is 11.9. The molecule has 0 heterocycles. The number of nitrogens with zero attached hydrogens (tertiary/aromatic N) is 2. The molecule has 0 aliphatic rings.